The van der Waals surface area contributed by atoms with Gasteiger partial charge in [0.15, 0.2) is 5.11 Å². The van der Waals surface area contributed by atoms with Crippen LogP contribution in [0.1, 0.15) is 44.4 Å². The molecule has 1 aromatic carbocycles. The number of thiocarbonyl (C=S) groups is 1. The van der Waals surface area contributed by atoms with Crippen LogP contribution in [0.5, 0.6) is 0 Å². The van der Waals surface area contributed by atoms with E-state index in [1.54, 1.807) is 0 Å². The maximum Gasteiger partial charge on any atom is 0.231 e. The minimum absolute atomic E-state index is 0.0178. The number of anilines is 2. The van der Waals surface area contributed by atoms with E-state index in [-0.39, 0.29) is 5.41 Å². The molecule has 2 aliphatic heterocycles. The van der Waals surface area contributed by atoms with Gasteiger partial charge >= 0.3 is 0 Å². The van der Waals surface area contributed by atoms with Crippen LogP contribution in [0.3, 0.4) is 0 Å². The summed E-state index contributed by atoms with van der Waals surface area (Å²) in [4.78, 5) is 11.7. The van der Waals surface area contributed by atoms with Crippen LogP contribution in [0.25, 0.3) is 0 Å². The monoisotopic (exact) mass is 453 g/mol. The van der Waals surface area contributed by atoms with Crippen LogP contribution >= 0.6 is 12.2 Å². The number of piperidine rings is 1. The van der Waals surface area contributed by atoms with E-state index in [1.165, 1.54) is 12.0 Å². The molecule has 0 amide bonds. The van der Waals surface area contributed by atoms with Crippen molar-refractivity contribution in [1.29, 1.82) is 0 Å². The van der Waals surface area contributed by atoms with Crippen molar-refractivity contribution in [2.75, 3.05) is 43.1 Å². The second-order valence-electron chi connectivity index (χ2n) is 9.61. The standard InChI is InChI=1S/C25H35N5OS/c1-18-13-19(2)16-30(15-18)22-14-20(3)27-23(28-22)29-24(32)26-17-25(9-11-31-12-10-25)21-7-5-4-6-8-21/h4-8,14,18-19H,9-13,15-17H2,1-3H3,(H2,26,27,28,29,32). The predicted molar refractivity (Wildman–Crippen MR) is 134 cm³/mol. The van der Waals surface area contributed by atoms with E-state index in [1.807, 2.05) is 6.92 Å². The third-order valence-electron chi connectivity index (χ3n) is 6.68. The quantitative estimate of drug-likeness (QED) is 0.655. The van der Waals surface area contributed by atoms with Crippen molar-refractivity contribution in [2.45, 2.75) is 45.4 Å². The molecule has 2 fully saturated rings. The lowest BCUT2D eigenvalue weighted by Crippen LogP contribution is -2.45. The summed E-state index contributed by atoms with van der Waals surface area (Å²) in [5, 5.41) is 7.24. The van der Waals surface area contributed by atoms with E-state index in [0.29, 0.717) is 22.9 Å². The molecule has 2 atom stereocenters. The number of nitrogens with zero attached hydrogens (tertiary/aromatic N) is 3. The van der Waals surface area contributed by atoms with Crippen LogP contribution in [0.15, 0.2) is 36.4 Å². The van der Waals surface area contributed by atoms with Crippen molar-refractivity contribution in [1.82, 2.24) is 15.3 Å². The van der Waals surface area contributed by atoms with Gasteiger partial charge in [0.25, 0.3) is 0 Å². The minimum Gasteiger partial charge on any atom is -0.381 e. The van der Waals surface area contributed by atoms with Crippen molar-refractivity contribution >= 4 is 29.1 Å². The molecule has 0 saturated carbocycles. The average Bonchev–Trinajstić information content (AvgIpc) is 2.78. The Balaban J connectivity index is 1.43. The van der Waals surface area contributed by atoms with Crippen LogP contribution in [0.2, 0.25) is 0 Å². The van der Waals surface area contributed by atoms with Gasteiger partial charge in [-0.15, -0.1) is 0 Å². The smallest absolute Gasteiger partial charge is 0.231 e. The third-order valence-corrected chi connectivity index (χ3v) is 6.93. The molecule has 2 saturated heterocycles. The average molecular weight is 454 g/mol. The fourth-order valence-corrected chi connectivity index (χ4v) is 5.30. The molecule has 2 unspecified atom stereocenters. The molecule has 7 heteroatoms. The summed E-state index contributed by atoms with van der Waals surface area (Å²) in [5.41, 5.74) is 2.29. The zero-order valence-electron chi connectivity index (χ0n) is 19.4. The molecule has 1 aromatic heterocycles. The lowest BCUT2D eigenvalue weighted by atomic mass is 9.74. The van der Waals surface area contributed by atoms with E-state index < -0.39 is 0 Å². The van der Waals surface area contributed by atoms with Gasteiger partial charge in [-0.3, -0.25) is 0 Å². The summed E-state index contributed by atoms with van der Waals surface area (Å²) >= 11 is 5.64. The van der Waals surface area contributed by atoms with E-state index in [0.717, 1.165) is 57.2 Å². The first kappa shape index (κ1) is 22.9. The first-order chi connectivity index (χ1) is 15.4. The van der Waals surface area contributed by atoms with Crippen molar-refractivity contribution in [2.24, 2.45) is 11.8 Å². The number of aryl methyl sites for hydroxylation is 1. The first-order valence-corrected chi connectivity index (χ1v) is 12.1. The molecular formula is C25H35N5OS. The van der Waals surface area contributed by atoms with Crippen LogP contribution in [-0.2, 0) is 10.2 Å². The molecule has 0 bridgehead atoms. The summed E-state index contributed by atoms with van der Waals surface area (Å²) in [6, 6.07) is 12.8. The van der Waals surface area contributed by atoms with Gasteiger partial charge in [-0.1, -0.05) is 44.2 Å². The van der Waals surface area contributed by atoms with Gasteiger partial charge in [-0.05, 0) is 55.8 Å². The highest BCUT2D eigenvalue weighted by molar-refractivity contribution is 7.80. The highest BCUT2D eigenvalue weighted by Gasteiger charge is 2.34. The number of ether oxygens (including phenoxy) is 1. The second kappa shape index (κ2) is 10.1. The zero-order chi connectivity index (χ0) is 22.6. The summed E-state index contributed by atoms with van der Waals surface area (Å²) < 4.78 is 5.65. The van der Waals surface area contributed by atoms with E-state index in [9.17, 15) is 0 Å². The lowest BCUT2D eigenvalue weighted by Gasteiger charge is -2.38. The Bertz CT molecular complexity index is 906. The van der Waals surface area contributed by atoms with Crippen molar-refractivity contribution < 1.29 is 4.74 Å². The van der Waals surface area contributed by atoms with Gasteiger partial charge in [0, 0.05) is 50.0 Å². The Morgan fingerprint density at radius 3 is 2.50 bits per heavy atom. The molecule has 0 spiro atoms. The molecular weight excluding hydrogens is 418 g/mol. The normalized spacial score (nSPS) is 22.9. The van der Waals surface area contributed by atoms with Gasteiger partial charge in [0.05, 0.1) is 0 Å². The Morgan fingerprint density at radius 2 is 1.81 bits per heavy atom. The van der Waals surface area contributed by atoms with Gasteiger partial charge in [0.2, 0.25) is 5.95 Å². The molecule has 2 aliphatic rings. The van der Waals surface area contributed by atoms with Crippen LogP contribution < -0.4 is 15.5 Å². The summed E-state index contributed by atoms with van der Waals surface area (Å²) in [6.45, 7) is 11.0. The van der Waals surface area contributed by atoms with Crippen LogP contribution in [-0.4, -0.2) is 47.9 Å². The van der Waals surface area contributed by atoms with Gasteiger partial charge in [0.1, 0.15) is 5.82 Å². The molecule has 2 N–H and O–H groups in total. The highest BCUT2D eigenvalue weighted by Crippen LogP contribution is 2.34. The number of benzene rings is 1. The molecule has 3 heterocycles. The van der Waals surface area contributed by atoms with E-state index in [4.69, 9.17) is 21.9 Å². The van der Waals surface area contributed by atoms with Crippen LogP contribution in [0.4, 0.5) is 11.8 Å². The number of hydrogen-bond acceptors (Lipinski definition) is 5. The summed E-state index contributed by atoms with van der Waals surface area (Å²) in [6.07, 6.45) is 3.22. The Kier molecular flexibility index (Phi) is 7.26. The Hall–Kier alpha value is -2.25. The van der Waals surface area contributed by atoms with Crippen molar-refractivity contribution in [3.05, 3.63) is 47.7 Å². The molecule has 172 valence electrons. The topological polar surface area (TPSA) is 62.3 Å². The zero-order valence-corrected chi connectivity index (χ0v) is 20.3. The minimum atomic E-state index is 0.0178. The lowest BCUT2D eigenvalue weighted by molar-refractivity contribution is 0.0515. The fourth-order valence-electron chi connectivity index (χ4n) is 5.14. The maximum absolute atomic E-state index is 5.65. The van der Waals surface area contributed by atoms with Crippen LogP contribution in [0, 0.1) is 18.8 Å². The van der Waals surface area contributed by atoms with E-state index >= 15 is 0 Å². The SMILES string of the molecule is Cc1cc(N2CC(C)CC(C)C2)nc(NC(=S)NCC2(c3ccccc3)CCOCC2)n1. The third kappa shape index (κ3) is 5.56. The fraction of sp³-hybridized carbons (Fsp3) is 0.560. The summed E-state index contributed by atoms with van der Waals surface area (Å²) in [5.74, 6) is 2.87. The number of aromatic nitrogens is 2. The maximum atomic E-state index is 5.65. The highest BCUT2D eigenvalue weighted by atomic mass is 32.1. The van der Waals surface area contributed by atoms with E-state index in [2.05, 4.69) is 70.8 Å². The molecule has 6 nitrogen and oxygen atoms in total. The van der Waals surface area contributed by atoms with Crippen molar-refractivity contribution in [3.8, 4) is 0 Å². The Morgan fingerprint density at radius 1 is 1.12 bits per heavy atom. The molecule has 0 aliphatic carbocycles. The number of rotatable bonds is 5. The van der Waals surface area contributed by atoms with Crippen molar-refractivity contribution in [3.63, 3.8) is 0 Å². The first-order valence-electron chi connectivity index (χ1n) is 11.7. The Labute approximate surface area is 197 Å². The number of nitrogens with one attached hydrogen (secondary N) is 2. The molecule has 0 radical (unpaired) electrons. The van der Waals surface area contributed by atoms with Gasteiger partial charge in [-0.2, -0.15) is 4.98 Å². The molecule has 4 rings (SSSR count). The largest absolute Gasteiger partial charge is 0.381 e. The predicted octanol–water partition coefficient (Wildman–Crippen LogP) is 4.30. The summed E-state index contributed by atoms with van der Waals surface area (Å²) in [7, 11) is 0. The number of hydrogen-bond donors (Lipinski definition) is 2. The molecule has 32 heavy (non-hydrogen) atoms. The molecule has 2 aromatic rings. The second-order valence-corrected chi connectivity index (χ2v) is 10.0. The van der Waals surface area contributed by atoms with Gasteiger partial charge in [-0.25, -0.2) is 4.98 Å². The van der Waals surface area contributed by atoms with Gasteiger partial charge < -0.3 is 20.3 Å².